The number of aryl methyl sites for hydroxylation is 1. The molecule has 1 aliphatic rings. The second-order valence-electron chi connectivity index (χ2n) is 2.98. The molecule has 1 unspecified atom stereocenters. The highest BCUT2D eigenvalue weighted by Gasteiger charge is 2.22. The Hall–Kier alpha value is -0.220. The van der Waals surface area contributed by atoms with Crippen LogP contribution in [0.4, 0.5) is 5.13 Å². The molecule has 0 spiro atoms. The second-order valence-corrected chi connectivity index (χ2v) is 5.08. The van der Waals surface area contributed by atoms with E-state index in [1.165, 1.54) is 23.4 Å². The number of aromatic nitrogens is 1. The van der Waals surface area contributed by atoms with E-state index in [4.69, 9.17) is 5.73 Å². The van der Waals surface area contributed by atoms with Crippen molar-refractivity contribution in [2.75, 3.05) is 12.0 Å². The minimum Gasteiger partial charge on any atom is -0.375 e. The third kappa shape index (κ3) is 1.33. The molecule has 0 aliphatic heterocycles. The van der Waals surface area contributed by atoms with E-state index < -0.39 is 0 Å². The Labute approximate surface area is 80.6 Å². The van der Waals surface area contributed by atoms with Crippen molar-refractivity contribution in [2.45, 2.75) is 24.5 Å². The lowest BCUT2D eigenvalue weighted by Gasteiger charge is -2.18. The van der Waals surface area contributed by atoms with Gasteiger partial charge in [0.2, 0.25) is 0 Å². The fourth-order valence-corrected chi connectivity index (χ4v) is 3.71. The SMILES string of the molecule is CSC1CCCc2nc(N)sc21. The Bertz CT molecular complexity index is 283. The number of fused-ring (bicyclic) bond motifs is 1. The highest BCUT2D eigenvalue weighted by atomic mass is 32.2. The molecule has 1 aromatic rings. The maximum Gasteiger partial charge on any atom is 0.180 e. The number of nitrogens with two attached hydrogens (primary N) is 1. The van der Waals surface area contributed by atoms with Crippen molar-refractivity contribution in [2.24, 2.45) is 0 Å². The normalized spacial score (nSPS) is 22.2. The number of hydrogen-bond donors (Lipinski definition) is 1. The van der Waals surface area contributed by atoms with E-state index in [9.17, 15) is 0 Å². The van der Waals surface area contributed by atoms with Gasteiger partial charge in [-0.3, -0.25) is 0 Å². The summed E-state index contributed by atoms with van der Waals surface area (Å²) in [4.78, 5) is 5.75. The molecular formula is C8H12N2S2. The van der Waals surface area contributed by atoms with Crippen molar-refractivity contribution < 1.29 is 0 Å². The summed E-state index contributed by atoms with van der Waals surface area (Å²) in [6.45, 7) is 0. The first-order valence-corrected chi connectivity index (χ1v) is 6.19. The van der Waals surface area contributed by atoms with Gasteiger partial charge in [0, 0.05) is 10.1 Å². The Morgan fingerprint density at radius 1 is 1.67 bits per heavy atom. The van der Waals surface area contributed by atoms with E-state index >= 15 is 0 Å². The maximum absolute atomic E-state index is 5.67. The third-order valence-corrected chi connectivity index (χ3v) is 4.43. The zero-order chi connectivity index (χ0) is 8.55. The number of nitrogen functional groups attached to an aromatic ring is 1. The maximum atomic E-state index is 5.67. The van der Waals surface area contributed by atoms with E-state index in [2.05, 4.69) is 11.2 Å². The first-order valence-electron chi connectivity index (χ1n) is 4.09. The Balaban J connectivity index is 2.36. The minimum absolute atomic E-state index is 0.656. The zero-order valence-corrected chi connectivity index (χ0v) is 8.67. The van der Waals surface area contributed by atoms with Crippen LogP contribution < -0.4 is 5.73 Å². The summed E-state index contributed by atoms with van der Waals surface area (Å²) in [7, 11) is 0. The molecule has 0 amide bonds. The molecule has 1 atom stereocenters. The molecule has 4 heteroatoms. The monoisotopic (exact) mass is 200 g/mol. The molecular weight excluding hydrogens is 188 g/mol. The standard InChI is InChI=1S/C8H12N2S2/c1-11-6-4-2-3-5-7(6)12-8(9)10-5/h6H,2-4H2,1H3,(H2,9,10). The van der Waals surface area contributed by atoms with Crippen LogP contribution in [0.5, 0.6) is 0 Å². The van der Waals surface area contributed by atoms with Gasteiger partial charge in [-0.25, -0.2) is 4.98 Å². The van der Waals surface area contributed by atoms with Crippen LogP contribution in [-0.2, 0) is 6.42 Å². The van der Waals surface area contributed by atoms with Gasteiger partial charge in [0.15, 0.2) is 5.13 Å². The third-order valence-electron chi connectivity index (χ3n) is 2.20. The number of hydrogen-bond acceptors (Lipinski definition) is 4. The van der Waals surface area contributed by atoms with Crippen molar-refractivity contribution in [3.05, 3.63) is 10.6 Å². The minimum atomic E-state index is 0.656. The number of rotatable bonds is 1. The van der Waals surface area contributed by atoms with Crippen LogP contribution >= 0.6 is 23.1 Å². The van der Waals surface area contributed by atoms with E-state index in [1.807, 2.05) is 11.8 Å². The first kappa shape index (κ1) is 8.38. The summed E-state index contributed by atoms with van der Waals surface area (Å²) in [5.74, 6) is 0. The molecule has 2 nitrogen and oxygen atoms in total. The summed E-state index contributed by atoms with van der Waals surface area (Å²) in [6.07, 6.45) is 5.84. The molecule has 12 heavy (non-hydrogen) atoms. The average molecular weight is 200 g/mol. The lowest BCUT2D eigenvalue weighted by molar-refractivity contribution is 0.672. The largest absolute Gasteiger partial charge is 0.375 e. The van der Waals surface area contributed by atoms with Gasteiger partial charge in [-0.2, -0.15) is 11.8 Å². The number of thioether (sulfide) groups is 1. The fraction of sp³-hybridized carbons (Fsp3) is 0.625. The van der Waals surface area contributed by atoms with Crippen molar-refractivity contribution in [3.63, 3.8) is 0 Å². The smallest absolute Gasteiger partial charge is 0.180 e. The fourth-order valence-electron chi connectivity index (χ4n) is 1.62. The highest BCUT2D eigenvalue weighted by molar-refractivity contribution is 7.98. The first-order chi connectivity index (χ1) is 5.81. The van der Waals surface area contributed by atoms with Gasteiger partial charge in [0.05, 0.1) is 5.69 Å². The molecule has 1 aliphatic carbocycles. The Kier molecular flexibility index (Phi) is 2.28. The van der Waals surface area contributed by atoms with Crippen LogP contribution in [0.2, 0.25) is 0 Å². The molecule has 0 saturated heterocycles. The molecule has 0 aromatic carbocycles. The van der Waals surface area contributed by atoms with Crippen molar-refractivity contribution in [1.82, 2.24) is 4.98 Å². The molecule has 2 rings (SSSR count). The molecule has 66 valence electrons. The summed E-state index contributed by atoms with van der Waals surface area (Å²) in [6, 6.07) is 0. The topological polar surface area (TPSA) is 38.9 Å². The Morgan fingerprint density at radius 3 is 3.25 bits per heavy atom. The summed E-state index contributed by atoms with van der Waals surface area (Å²) in [5, 5.41) is 1.39. The summed E-state index contributed by atoms with van der Waals surface area (Å²) >= 11 is 3.59. The van der Waals surface area contributed by atoms with Crippen LogP contribution in [0.15, 0.2) is 0 Å². The van der Waals surface area contributed by atoms with Crippen molar-refractivity contribution in [3.8, 4) is 0 Å². The van der Waals surface area contributed by atoms with Gasteiger partial charge < -0.3 is 5.73 Å². The Morgan fingerprint density at radius 2 is 2.50 bits per heavy atom. The summed E-state index contributed by atoms with van der Waals surface area (Å²) < 4.78 is 0. The van der Waals surface area contributed by atoms with E-state index in [0.29, 0.717) is 5.25 Å². The molecule has 1 heterocycles. The van der Waals surface area contributed by atoms with E-state index in [-0.39, 0.29) is 0 Å². The van der Waals surface area contributed by atoms with Gasteiger partial charge in [-0.15, -0.1) is 11.3 Å². The van der Waals surface area contributed by atoms with Crippen LogP contribution in [0.25, 0.3) is 0 Å². The molecule has 2 N–H and O–H groups in total. The second kappa shape index (κ2) is 3.26. The van der Waals surface area contributed by atoms with Gasteiger partial charge in [0.25, 0.3) is 0 Å². The molecule has 0 saturated carbocycles. The van der Waals surface area contributed by atoms with E-state index in [0.717, 1.165) is 11.6 Å². The van der Waals surface area contributed by atoms with Gasteiger partial charge in [-0.05, 0) is 25.5 Å². The van der Waals surface area contributed by atoms with E-state index in [1.54, 1.807) is 11.3 Å². The van der Waals surface area contributed by atoms with Gasteiger partial charge in [-0.1, -0.05) is 0 Å². The highest BCUT2D eigenvalue weighted by Crippen LogP contribution is 2.41. The predicted octanol–water partition coefficient (Wildman–Crippen LogP) is 2.47. The molecule has 1 aromatic heterocycles. The number of anilines is 1. The van der Waals surface area contributed by atoms with Gasteiger partial charge in [0.1, 0.15) is 0 Å². The number of nitrogens with zero attached hydrogens (tertiary/aromatic N) is 1. The van der Waals surface area contributed by atoms with Crippen LogP contribution in [-0.4, -0.2) is 11.2 Å². The lowest BCUT2D eigenvalue weighted by atomic mass is 10.0. The quantitative estimate of drug-likeness (QED) is 0.757. The van der Waals surface area contributed by atoms with Crippen molar-refractivity contribution >= 4 is 28.2 Å². The van der Waals surface area contributed by atoms with Crippen LogP contribution in [0.1, 0.15) is 28.7 Å². The molecule has 0 fully saturated rings. The average Bonchev–Trinajstić information content (AvgIpc) is 2.44. The van der Waals surface area contributed by atoms with Crippen LogP contribution in [0, 0.1) is 0 Å². The predicted molar refractivity (Wildman–Crippen MR) is 55.7 cm³/mol. The number of thiazole rings is 1. The van der Waals surface area contributed by atoms with Crippen molar-refractivity contribution in [1.29, 1.82) is 0 Å². The van der Waals surface area contributed by atoms with Gasteiger partial charge >= 0.3 is 0 Å². The lowest BCUT2D eigenvalue weighted by Crippen LogP contribution is -2.04. The molecule has 0 radical (unpaired) electrons. The zero-order valence-electron chi connectivity index (χ0n) is 7.04. The van der Waals surface area contributed by atoms with Crippen LogP contribution in [0.3, 0.4) is 0 Å². The molecule has 0 bridgehead atoms. The summed E-state index contributed by atoms with van der Waals surface area (Å²) in [5.41, 5.74) is 6.93.